The van der Waals surface area contributed by atoms with E-state index < -0.39 is 0 Å². The highest BCUT2D eigenvalue weighted by atomic mass is 19.1. The molecule has 1 aromatic carbocycles. The summed E-state index contributed by atoms with van der Waals surface area (Å²) >= 11 is 0. The van der Waals surface area contributed by atoms with E-state index in [9.17, 15) is 9.18 Å². The molecule has 1 fully saturated rings. The summed E-state index contributed by atoms with van der Waals surface area (Å²) in [4.78, 5) is 15.6. The molecule has 0 radical (unpaired) electrons. The van der Waals surface area contributed by atoms with Gasteiger partial charge in [-0.3, -0.25) is 4.79 Å². The summed E-state index contributed by atoms with van der Waals surface area (Å²) in [6.07, 6.45) is 1.49. The molecular weight excluding hydrogens is 231 g/mol. The van der Waals surface area contributed by atoms with Crippen molar-refractivity contribution in [2.75, 3.05) is 31.1 Å². The summed E-state index contributed by atoms with van der Waals surface area (Å²) in [6.45, 7) is 4.79. The molecule has 1 aliphatic rings. The molecule has 2 rings (SSSR count). The Balaban J connectivity index is 1.95. The number of hydrogen-bond donors (Lipinski definition) is 0. The average molecular weight is 250 g/mol. The molecule has 0 atom stereocenters. The lowest BCUT2D eigenvalue weighted by molar-refractivity contribution is -0.131. The molecule has 4 heteroatoms. The van der Waals surface area contributed by atoms with Gasteiger partial charge in [-0.25, -0.2) is 4.39 Å². The maximum atomic E-state index is 13.6. The van der Waals surface area contributed by atoms with Crippen LogP contribution in [0.2, 0.25) is 0 Å². The monoisotopic (exact) mass is 250 g/mol. The Morgan fingerprint density at radius 3 is 2.50 bits per heavy atom. The molecule has 1 aliphatic heterocycles. The van der Waals surface area contributed by atoms with Crippen LogP contribution in [0, 0.1) is 5.82 Å². The van der Waals surface area contributed by atoms with E-state index in [1.54, 1.807) is 12.1 Å². The number of carbonyl (C=O) groups is 1. The quantitative estimate of drug-likeness (QED) is 0.821. The molecule has 98 valence electrons. The number of halogens is 1. The van der Waals surface area contributed by atoms with Gasteiger partial charge in [0.25, 0.3) is 0 Å². The average Bonchev–Trinajstić information content (AvgIpc) is 2.40. The first-order valence-electron chi connectivity index (χ1n) is 6.49. The highest BCUT2D eigenvalue weighted by molar-refractivity contribution is 5.76. The summed E-state index contributed by atoms with van der Waals surface area (Å²) in [5.74, 6) is 0.0246. The second kappa shape index (κ2) is 5.85. The first kappa shape index (κ1) is 12.9. The third kappa shape index (κ3) is 2.81. The fraction of sp³-hybridized carbons (Fsp3) is 0.500. The maximum Gasteiger partial charge on any atom is 0.222 e. The lowest BCUT2D eigenvalue weighted by Crippen LogP contribution is -2.49. The molecule has 0 aliphatic carbocycles. The molecule has 3 nitrogen and oxygen atoms in total. The van der Waals surface area contributed by atoms with Crippen LogP contribution in [-0.4, -0.2) is 37.0 Å². The smallest absolute Gasteiger partial charge is 0.222 e. The molecular formula is C14H19FN2O. The summed E-state index contributed by atoms with van der Waals surface area (Å²) in [6, 6.07) is 6.80. The molecule has 0 bridgehead atoms. The van der Waals surface area contributed by atoms with E-state index in [1.165, 1.54) is 6.07 Å². The van der Waals surface area contributed by atoms with Crippen molar-refractivity contribution >= 4 is 11.6 Å². The Labute approximate surface area is 107 Å². The van der Waals surface area contributed by atoms with Crippen LogP contribution in [0.5, 0.6) is 0 Å². The summed E-state index contributed by atoms with van der Waals surface area (Å²) < 4.78 is 13.6. The SMILES string of the molecule is CCCC(=O)N1CCN(c2ccccc2F)CC1. The van der Waals surface area contributed by atoms with Crippen LogP contribution >= 0.6 is 0 Å². The lowest BCUT2D eigenvalue weighted by atomic mass is 10.2. The molecule has 0 unspecified atom stereocenters. The first-order valence-corrected chi connectivity index (χ1v) is 6.49. The number of benzene rings is 1. The van der Waals surface area contributed by atoms with Crippen molar-refractivity contribution in [3.63, 3.8) is 0 Å². The molecule has 0 saturated carbocycles. The fourth-order valence-electron chi connectivity index (χ4n) is 2.28. The van der Waals surface area contributed by atoms with Crippen molar-refractivity contribution in [3.8, 4) is 0 Å². The van der Waals surface area contributed by atoms with E-state index in [2.05, 4.69) is 0 Å². The number of para-hydroxylation sites is 1. The molecule has 0 spiro atoms. The van der Waals surface area contributed by atoms with Gasteiger partial charge in [-0.15, -0.1) is 0 Å². The van der Waals surface area contributed by atoms with Crippen molar-refractivity contribution < 1.29 is 9.18 Å². The van der Waals surface area contributed by atoms with E-state index in [4.69, 9.17) is 0 Å². The van der Waals surface area contributed by atoms with Gasteiger partial charge in [0.15, 0.2) is 0 Å². The number of rotatable bonds is 3. The normalized spacial score (nSPS) is 15.9. The lowest BCUT2D eigenvalue weighted by Gasteiger charge is -2.36. The van der Waals surface area contributed by atoms with Gasteiger partial charge in [-0.2, -0.15) is 0 Å². The van der Waals surface area contributed by atoms with Crippen molar-refractivity contribution in [2.45, 2.75) is 19.8 Å². The minimum Gasteiger partial charge on any atom is -0.366 e. The second-order valence-corrected chi connectivity index (χ2v) is 4.57. The topological polar surface area (TPSA) is 23.6 Å². The summed E-state index contributed by atoms with van der Waals surface area (Å²) in [5, 5.41) is 0. The molecule has 0 aromatic heterocycles. The van der Waals surface area contributed by atoms with E-state index in [-0.39, 0.29) is 11.7 Å². The Morgan fingerprint density at radius 1 is 1.22 bits per heavy atom. The number of piperazine rings is 1. The van der Waals surface area contributed by atoms with Crippen molar-refractivity contribution in [2.24, 2.45) is 0 Å². The predicted octanol–water partition coefficient (Wildman–Crippen LogP) is 2.27. The highest BCUT2D eigenvalue weighted by Gasteiger charge is 2.21. The van der Waals surface area contributed by atoms with Gasteiger partial charge in [0, 0.05) is 32.6 Å². The third-order valence-electron chi connectivity index (χ3n) is 3.29. The molecule has 1 aromatic rings. The zero-order chi connectivity index (χ0) is 13.0. The Kier molecular flexibility index (Phi) is 4.18. The zero-order valence-electron chi connectivity index (χ0n) is 10.7. The van der Waals surface area contributed by atoms with Gasteiger partial charge in [0.1, 0.15) is 5.82 Å². The van der Waals surface area contributed by atoms with Crippen LogP contribution in [0.4, 0.5) is 10.1 Å². The predicted molar refractivity (Wildman–Crippen MR) is 70.1 cm³/mol. The number of amides is 1. The zero-order valence-corrected chi connectivity index (χ0v) is 10.7. The van der Waals surface area contributed by atoms with Gasteiger partial charge in [0.2, 0.25) is 5.91 Å². The van der Waals surface area contributed by atoms with E-state index in [0.29, 0.717) is 38.3 Å². The minimum atomic E-state index is -0.189. The molecule has 1 saturated heterocycles. The van der Waals surface area contributed by atoms with E-state index in [1.807, 2.05) is 22.8 Å². The number of hydrogen-bond acceptors (Lipinski definition) is 2. The Hall–Kier alpha value is -1.58. The maximum absolute atomic E-state index is 13.6. The first-order chi connectivity index (χ1) is 8.72. The number of nitrogens with zero attached hydrogens (tertiary/aromatic N) is 2. The van der Waals surface area contributed by atoms with Gasteiger partial charge < -0.3 is 9.80 Å². The van der Waals surface area contributed by atoms with Crippen LogP contribution in [-0.2, 0) is 4.79 Å². The van der Waals surface area contributed by atoms with Crippen molar-refractivity contribution in [1.29, 1.82) is 0 Å². The third-order valence-corrected chi connectivity index (χ3v) is 3.29. The standard InChI is InChI=1S/C14H19FN2O/c1-2-5-14(18)17-10-8-16(9-11-17)13-7-4-3-6-12(13)15/h3-4,6-7H,2,5,8-11H2,1H3. The number of carbonyl (C=O) groups excluding carboxylic acids is 1. The van der Waals surface area contributed by atoms with E-state index in [0.717, 1.165) is 6.42 Å². The second-order valence-electron chi connectivity index (χ2n) is 4.57. The minimum absolute atomic E-state index is 0.189. The van der Waals surface area contributed by atoms with Crippen LogP contribution in [0.3, 0.4) is 0 Å². The van der Waals surface area contributed by atoms with Crippen molar-refractivity contribution in [3.05, 3.63) is 30.1 Å². The molecule has 18 heavy (non-hydrogen) atoms. The molecule has 1 amide bonds. The van der Waals surface area contributed by atoms with Gasteiger partial charge in [-0.05, 0) is 18.6 Å². The largest absolute Gasteiger partial charge is 0.366 e. The van der Waals surface area contributed by atoms with Crippen molar-refractivity contribution in [1.82, 2.24) is 4.90 Å². The van der Waals surface area contributed by atoms with Gasteiger partial charge in [0.05, 0.1) is 5.69 Å². The highest BCUT2D eigenvalue weighted by Crippen LogP contribution is 2.20. The molecule has 1 heterocycles. The van der Waals surface area contributed by atoms with Crippen LogP contribution in [0.25, 0.3) is 0 Å². The van der Waals surface area contributed by atoms with E-state index >= 15 is 0 Å². The van der Waals surface area contributed by atoms with Crippen LogP contribution < -0.4 is 4.90 Å². The molecule has 0 N–H and O–H groups in total. The van der Waals surface area contributed by atoms with Crippen LogP contribution in [0.15, 0.2) is 24.3 Å². The fourth-order valence-corrected chi connectivity index (χ4v) is 2.28. The van der Waals surface area contributed by atoms with Gasteiger partial charge >= 0.3 is 0 Å². The van der Waals surface area contributed by atoms with Crippen LogP contribution in [0.1, 0.15) is 19.8 Å². The summed E-state index contributed by atoms with van der Waals surface area (Å²) in [7, 11) is 0. The number of anilines is 1. The summed E-state index contributed by atoms with van der Waals surface area (Å²) in [5.41, 5.74) is 0.639. The Bertz CT molecular complexity index is 414. The van der Waals surface area contributed by atoms with Gasteiger partial charge in [-0.1, -0.05) is 19.1 Å². The Morgan fingerprint density at radius 2 is 1.89 bits per heavy atom.